The van der Waals surface area contributed by atoms with Gasteiger partial charge in [0.1, 0.15) is 5.76 Å². The molecule has 1 saturated heterocycles. The second-order valence-electron chi connectivity index (χ2n) is 8.03. The summed E-state index contributed by atoms with van der Waals surface area (Å²) >= 11 is 0. The van der Waals surface area contributed by atoms with Crippen molar-refractivity contribution < 1.29 is 23.8 Å². The highest BCUT2D eigenvalue weighted by Gasteiger charge is 2.52. The summed E-state index contributed by atoms with van der Waals surface area (Å²) in [6.45, 7) is 8.67. The monoisotopic (exact) mass is 370 g/mol. The molecule has 3 unspecified atom stereocenters. The van der Waals surface area contributed by atoms with Gasteiger partial charge < -0.3 is 14.2 Å². The van der Waals surface area contributed by atoms with Gasteiger partial charge in [-0.25, -0.2) is 0 Å². The summed E-state index contributed by atoms with van der Waals surface area (Å²) < 4.78 is 17.0. The number of hydrogen-bond donors (Lipinski definition) is 0. The van der Waals surface area contributed by atoms with E-state index < -0.39 is 0 Å². The fourth-order valence-electron chi connectivity index (χ4n) is 5.12. The molecule has 1 aliphatic heterocycles. The molecule has 1 aromatic carbocycles. The van der Waals surface area contributed by atoms with Gasteiger partial charge in [-0.2, -0.15) is 0 Å². The van der Waals surface area contributed by atoms with Gasteiger partial charge in [0.25, 0.3) is 0 Å². The summed E-state index contributed by atoms with van der Waals surface area (Å²) in [5, 5.41) is 0. The van der Waals surface area contributed by atoms with Gasteiger partial charge >= 0.3 is 5.97 Å². The molecule has 0 radical (unpaired) electrons. The van der Waals surface area contributed by atoms with Gasteiger partial charge in [0.05, 0.1) is 18.8 Å². The zero-order valence-corrected chi connectivity index (χ0v) is 16.3. The number of allylic oxidation sites excluding steroid dienone is 2. The average molecular weight is 370 g/mol. The fourth-order valence-corrected chi connectivity index (χ4v) is 5.12. The minimum absolute atomic E-state index is 0.0747. The van der Waals surface area contributed by atoms with Crippen LogP contribution in [0.25, 0.3) is 5.57 Å². The third-order valence-electron chi connectivity index (χ3n) is 5.98. The molecule has 5 nitrogen and oxygen atoms in total. The molecule has 0 N–H and O–H groups in total. The Labute approximate surface area is 159 Å². The first-order chi connectivity index (χ1) is 12.9. The van der Waals surface area contributed by atoms with E-state index in [1.165, 1.54) is 6.92 Å². The summed E-state index contributed by atoms with van der Waals surface area (Å²) in [6, 6.07) is 4.15. The van der Waals surface area contributed by atoms with E-state index >= 15 is 0 Å². The van der Waals surface area contributed by atoms with Gasteiger partial charge in [-0.15, -0.1) is 0 Å². The maximum Gasteiger partial charge on any atom is 0.307 e. The first-order valence-corrected chi connectivity index (χ1v) is 9.65. The third kappa shape index (κ3) is 3.13. The predicted molar refractivity (Wildman–Crippen MR) is 99.7 cm³/mol. The van der Waals surface area contributed by atoms with Crippen LogP contribution in [0.3, 0.4) is 0 Å². The van der Waals surface area contributed by atoms with Crippen molar-refractivity contribution in [2.75, 3.05) is 13.2 Å². The molecule has 3 aliphatic rings. The van der Waals surface area contributed by atoms with Crippen LogP contribution in [0.2, 0.25) is 0 Å². The van der Waals surface area contributed by atoms with Crippen molar-refractivity contribution in [2.24, 2.45) is 17.8 Å². The Morgan fingerprint density at radius 3 is 2.22 bits per heavy atom. The van der Waals surface area contributed by atoms with E-state index in [1.807, 2.05) is 20.8 Å². The lowest BCUT2D eigenvalue weighted by Gasteiger charge is -2.19. The van der Waals surface area contributed by atoms with E-state index in [0.717, 1.165) is 28.7 Å². The molecule has 5 heteroatoms. The summed E-state index contributed by atoms with van der Waals surface area (Å²) in [5.41, 5.74) is 4.76. The molecule has 0 amide bonds. The van der Waals surface area contributed by atoms with Crippen LogP contribution in [0.5, 0.6) is 0 Å². The van der Waals surface area contributed by atoms with Gasteiger partial charge in [-0.05, 0) is 50.3 Å². The molecule has 2 aliphatic carbocycles. The molecule has 3 atom stereocenters. The molecule has 4 rings (SSSR count). The number of aryl methyl sites for hydroxylation is 3. The minimum Gasteiger partial charge on any atom is -0.430 e. The average Bonchev–Trinajstić information content (AvgIpc) is 3.27. The molecule has 1 saturated carbocycles. The summed E-state index contributed by atoms with van der Waals surface area (Å²) in [6.07, 6.45) is 1.22. The largest absolute Gasteiger partial charge is 0.430 e. The number of ketones is 1. The maximum atomic E-state index is 13.4. The van der Waals surface area contributed by atoms with Crippen LogP contribution in [0.1, 0.15) is 42.0 Å². The molecule has 2 fully saturated rings. The molecule has 1 heterocycles. The highest BCUT2D eigenvalue weighted by molar-refractivity contribution is 6.25. The zero-order chi connectivity index (χ0) is 19.3. The van der Waals surface area contributed by atoms with Gasteiger partial charge in [-0.1, -0.05) is 17.7 Å². The molecule has 0 spiro atoms. The lowest BCUT2D eigenvalue weighted by molar-refractivity contribution is -0.137. The number of ether oxygens (including phenoxy) is 3. The van der Waals surface area contributed by atoms with Crippen LogP contribution in [-0.4, -0.2) is 31.3 Å². The Balaban J connectivity index is 1.76. The number of hydrogen-bond acceptors (Lipinski definition) is 5. The predicted octanol–water partition coefficient (Wildman–Crippen LogP) is 3.48. The van der Waals surface area contributed by atoms with Crippen molar-refractivity contribution in [3.8, 4) is 0 Å². The quantitative estimate of drug-likeness (QED) is 0.762. The molecule has 1 aromatic rings. The lowest BCUT2D eigenvalue weighted by Crippen LogP contribution is -2.21. The van der Waals surface area contributed by atoms with E-state index in [0.29, 0.717) is 31.0 Å². The zero-order valence-electron chi connectivity index (χ0n) is 16.3. The SMILES string of the molecule is CC(=O)OC1=C(c2c(C)cc(C)cc2C)C(=O)C2CC(C3OCCO3)CC12. The maximum absolute atomic E-state index is 13.4. The number of esters is 1. The highest BCUT2D eigenvalue weighted by Crippen LogP contribution is 2.53. The van der Waals surface area contributed by atoms with Crippen LogP contribution in [0.4, 0.5) is 0 Å². The first kappa shape index (κ1) is 18.4. The van der Waals surface area contributed by atoms with Gasteiger partial charge in [0, 0.05) is 24.7 Å². The van der Waals surface area contributed by atoms with Crippen molar-refractivity contribution in [1.29, 1.82) is 0 Å². The molecular weight excluding hydrogens is 344 g/mol. The van der Waals surface area contributed by atoms with E-state index in [9.17, 15) is 9.59 Å². The third-order valence-corrected chi connectivity index (χ3v) is 5.98. The van der Waals surface area contributed by atoms with Crippen molar-refractivity contribution in [3.63, 3.8) is 0 Å². The normalized spacial score (nSPS) is 28.1. The summed E-state index contributed by atoms with van der Waals surface area (Å²) in [5.74, 6) is 0.190. The van der Waals surface area contributed by atoms with E-state index in [-0.39, 0.29) is 35.8 Å². The fraction of sp³-hybridized carbons (Fsp3) is 0.545. The summed E-state index contributed by atoms with van der Waals surface area (Å²) in [4.78, 5) is 25.2. The second-order valence-corrected chi connectivity index (χ2v) is 8.03. The number of rotatable bonds is 3. The van der Waals surface area contributed by atoms with Crippen LogP contribution >= 0.6 is 0 Å². The Morgan fingerprint density at radius 1 is 1.04 bits per heavy atom. The number of carbonyl (C=O) groups is 2. The number of Topliss-reactive ketones (excluding diaryl/α,β-unsaturated/α-hetero) is 1. The second kappa shape index (κ2) is 6.88. The van der Waals surface area contributed by atoms with Gasteiger partial charge in [0.15, 0.2) is 12.1 Å². The lowest BCUT2D eigenvalue weighted by atomic mass is 9.89. The Kier molecular flexibility index (Phi) is 4.68. The standard InChI is InChI=1S/C22H26O5/c1-11-7-12(2)18(13(3)8-11)19-20(24)16-9-15(22-25-5-6-26-22)10-17(16)21(19)27-14(4)23/h7-8,15-17,22H,5-6,9-10H2,1-4H3. The van der Waals surface area contributed by atoms with Crippen molar-refractivity contribution >= 4 is 17.3 Å². The first-order valence-electron chi connectivity index (χ1n) is 9.65. The molecule has 0 aromatic heterocycles. The molecule has 144 valence electrons. The van der Waals surface area contributed by atoms with Gasteiger partial charge in [0.2, 0.25) is 0 Å². The Morgan fingerprint density at radius 2 is 1.63 bits per heavy atom. The van der Waals surface area contributed by atoms with Gasteiger partial charge in [-0.3, -0.25) is 9.59 Å². The van der Waals surface area contributed by atoms with E-state index in [1.54, 1.807) is 0 Å². The molecular formula is C22H26O5. The van der Waals surface area contributed by atoms with E-state index in [4.69, 9.17) is 14.2 Å². The number of benzene rings is 1. The van der Waals surface area contributed by atoms with E-state index in [2.05, 4.69) is 12.1 Å². The van der Waals surface area contributed by atoms with Crippen LogP contribution < -0.4 is 0 Å². The van der Waals surface area contributed by atoms with Crippen molar-refractivity contribution in [1.82, 2.24) is 0 Å². The minimum atomic E-state index is -0.379. The highest BCUT2D eigenvalue weighted by atomic mass is 16.7. The number of carbonyl (C=O) groups excluding carboxylic acids is 2. The smallest absolute Gasteiger partial charge is 0.307 e. The van der Waals surface area contributed by atoms with Crippen LogP contribution in [0.15, 0.2) is 17.9 Å². The Hall–Kier alpha value is -1.98. The van der Waals surface area contributed by atoms with Crippen LogP contribution in [-0.2, 0) is 23.8 Å². The topological polar surface area (TPSA) is 61.8 Å². The Bertz CT molecular complexity index is 808. The van der Waals surface area contributed by atoms with Crippen molar-refractivity contribution in [3.05, 3.63) is 40.1 Å². The molecule has 0 bridgehead atoms. The summed E-state index contributed by atoms with van der Waals surface area (Å²) in [7, 11) is 0. The van der Waals surface area contributed by atoms with Crippen LogP contribution in [0, 0.1) is 38.5 Å². The van der Waals surface area contributed by atoms with Crippen molar-refractivity contribution in [2.45, 2.75) is 46.8 Å². The molecule has 27 heavy (non-hydrogen) atoms. The number of fused-ring (bicyclic) bond motifs is 1.